The number of rotatable bonds is 6. The fraction of sp³-hybridized carbons (Fsp3) is 0.364. The molecule has 27 heavy (non-hydrogen) atoms. The maximum atomic E-state index is 5.33. The number of methoxy groups -OCH3 is 1. The second-order valence-corrected chi connectivity index (χ2v) is 7.89. The molecule has 2 aromatic carbocycles. The molecule has 0 aliphatic heterocycles. The van der Waals surface area contributed by atoms with Gasteiger partial charge in [-0.1, -0.05) is 32.0 Å². The van der Waals surface area contributed by atoms with E-state index in [1.54, 1.807) is 18.4 Å². The number of hydrogen-bond donors (Lipinski definition) is 0. The quantitative estimate of drug-likeness (QED) is 0.515. The molecule has 4 nitrogen and oxygen atoms in total. The fourth-order valence-electron chi connectivity index (χ4n) is 3.15. The summed E-state index contributed by atoms with van der Waals surface area (Å²) in [5.74, 6) is 1.46. The van der Waals surface area contributed by atoms with Crippen molar-refractivity contribution in [3.05, 3.63) is 46.6 Å². The predicted molar refractivity (Wildman–Crippen MR) is 116 cm³/mol. The van der Waals surface area contributed by atoms with Crippen LogP contribution in [0.5, 0.6) is 5.75 Å². The highest BCUT2D eigenvalue weighted by Crippen LogP contribution is 2.27. The molecule has 0 aliphatic rings. The van der Waals surface area contributed by atoms with Gasteiger partial charge in [-0.05, 0) is 55.2 Å². The molecule has 0 atom stereocenters. The molecule has 3 aromatic rings. The van der Waals surface area contributed by atoms with E-state index >= 15 is 0 Å². The van der Waals surface area contributed by atoms with Crippen molar-refractivity contribution in [3.63, 3.8) is 0 Å². The summed E-state index contributed by atoms with van der Waals surface area (Å²) in [4.78, 5) is 5.56. The topological polar surface area (TPSA) is 38.9 Å². The van der Waals surface area contributed by atoms with E-state index in [1.807, 2.05) is 10.7 Å². The fourth-order valence-corrected chi connectivity index (χ4v) is 4.05. The number of aromatic nitrogens is 1. The monoisotopic (exact) mass is 381 g/mol. The molecule has 1 heterocycles. The van der Waals surface area contributed by atoms with E-state index in [4.69, 9.17) is 9.84 Å². The molecule has 0 radical (unpaired) electrons. The van der Waals surface area contributed by atoms with Gasteiger partial charge in [0, 0.05) is 23.2 Å². The Morgan fingerprint density at radius 3 is 2.59 bits per heavy atom. The summed E-state index contributed by atoms with van der Waals surface area (Å²) in [6, 6.07) is 12.6. The summed E-state index contributed by atoms with van der Waals surface area (Å²) in [7, 11) is 1.69. The number of fused-ring (bicyclic) bond motifs is 1. The minimum Gasteiger partial charge on any atom is -0.497 e. The zero-order valence-electron chi connectivity index (χ0n) is 16.7. The second-order valence-electron chi connectivity index (χ2n) is 7.05. The first-order chi connectivity index (χ1) is 13.0. The minimum atomic E-state index is 0.582. The number of thiazole rings is 1. The smallest absolute Gasteiger partial charge is 0.206 e. The molecule has 142 valence electrons. The van der Waals surface area contributed by atoms with Crippen LogP contribution in [0.4, 0.5) is 0 Å². The summed E-state index contributed by atoms with van der Waals surface area (Å²) in [5.41, 5.74) is 3.34. The summed E-state index contributed by atoms with van der Waals surface area (Å²) in [5, 5.41) is 9.38. The van der Waals surface area contributed by atoms with E-state index in [9.17, 15) is 0 Å². The lowest BCUT2D eigenvalue weighted by Crippen LogP contribution is -2.14. The zero-order chi connectivity index (χ0) is 19.4. The van der Waals surface area contributed by atoms with Crippen molar-refractivity contribution in [2.45, 2.75) is 34.1 Å². The number of nitrogens with zero attached hydrogens (tertiary/aromatic N) is 3. The molecule has 5 heteroatoms. The Labute approximate surface area is 164 Å². The summed E-state index contributed by atoms with van der Waals surface area (Å²) < 4.78 is 7.33. The van der Waals surface area contributed by atoms with Gasteiger partial charge < -0.3 is 4.74 Å². The maximum absolute atomic E-state index is 5.33. The van der Waals surface area contributed by atoms with E-state index in [0.29, 0.717) is 5.92 Å². The average Bonchev–Trinajstić information content (AvgIpc) is 3.02. The first-order valence-electron chi connectivity index (χ1n) is 9.35. The summed E-state index contributed by atoms with van der Waals surface area (Å²) in [6.07, 6.45) is 0.978. The lowest BCUT2D eigenvalue weighted by Gasteiger charge is -2.09. The van der Waals surface area contributed by atoms with Crippen molar-refractivity contribution in [3.8, 4) is 17.0 Å². The van der Waals surface area contributed by atoms with Gasteiger partial charge in [0.2, 0.25) is 4.80 Å². The van der Waals surface area contributed by atoms with Crippen molar-refractivity contribution >= 4 is 27.8 Å². The van der Waals surface area contributed by atoms with Crippen LogP contribution in [-0.4, -0.2) is 24.0 Å². The lowest BCUT2D eigenvalue weighted by molar-refractivity contribution is 0.415. The molecule has 3 rings (SSSR count). The highest BCUT2D eigenvalue weighted by Gasteiger charge is 2.10. The van der Waals surface area contributed by atoms with Gasteiger partial charge in [0.25, 0.3) is 0 Å². The molecular formula is C22H27N3OS. The van der Waals surface area contributed by atoms with Crippen LogP contribution in [0, 0.1) is 5.92 Å². The largest absolute Gasteiger partial charge is 0.497 e. The van der Waals surface area contributed by atoms with Crippen molar-refractivity contribution in [1.82, 2.24) is 4.68 Å². The predicted octanol–water partition coefficient (Wildman–Crippen LogP) is 5.57. The van der Waals surface area contributed by atoms with Crippen LogP contribution in [0.25, 0.3) is 22.0 Å². The van der Waals surface area contributed by atoms with Crippen LogP contribution in [0.15, 0.2) is 51.9 Å². The Kier molecular flexibility index (Phi) is 6.11. The van der Waals surface area contributed by atoms with Crippen LogP contribution in [-0.2, 0) is 0 Å². The molecule has 0 N–H and O–H groups in total. The molecule has 0 saturated heterocycles. The van der Waals surface area contributed by atoms with Gasteiger partial charge in [0.05, 0.1) is 12.8 Å². The standard InChI is InChI=1S/C22H27N3OS/c1-6-23-22-25(24-16(4)11-15(2)3)21(14-27-22)19-8-7-18-13-20(26-5)10-9-17(18)12-19/h7-10,12-15H,6,11H2,1-5H3. The third-order valence-corrected chi connectivity index (χ3v) is 5.15. The van der Waals surface area contributed by atoms with Crippen LogP contribution in [0.2, 0.25) is 0 Å². The highest BCUT2D eigenvalue weighted by atomic mass is 32.1. The summed E-state index contributed by atoms with van der Waals surface area (Å²) in [6.45, 7) is 9.32. The molecule has 0 spiro atoms. The van der Waals surface area contributed by atoms with Gasteiger partial charge in [-0.15, -0.1) is 11.3 Å². The molecule has 0 saturated carbocycles. The van der Waals surface area contributed by atoms with Crippen LogP contribution in [0.1, 0.15) is 34.1 Å². The van der Waals surface area contributed by atoms with Crippen LogP contribution < -0.4 is 9.54 Å². The lowest BCUT2D eigenvalue weighted by atomic mass is 10.1. The van der Waals surface area contributed by atoms with Gasteiger partial charge in [-0.2, -0.15) is 5.10 Å². The van der Waals surface area contributed by atoms with Crippen molar-refractivity contribution in [2.75, 3.05) is 13.7 Å². The Bertz CT molecular complexity index is 1030. The Morgan fingerprint density at radius 1 is 1.15 bits per heavy atom. The summed E-state index contributed by atoms with van der Waals surface area (Å²) >= 11 is 1.64. The maximum Gasteiger partial charge on any atom is 0.206 e. The Morgan fingerprint density at radius 2 is 1.89 bits per heavy atom. The first kappa shape index (κ1) is 19.4. The van der Waals surface area contributed by atoms with E-state index in [0.717, 1.165) is 45.9 Å². The van der Waals surface area contributed by atoms with Gasteiger partial charge in [0.1, 0.15) is 5.75 Å². The highest BCUT2D eigenvalue weighted by molar-refractivity contribution is 7.07. The van der Waals surface area contributed by atoms with Gasteiger partial charge >= 0.3 is 0 Å². The normalized spacial score (nSPS) is 13.0. The Hall–Kier alpha value is -2.40. The number of hydrogen-bond acceptors (Lipinski definition) is 4. The first-order valence-corrected chi connectivity index (χ1v) is 10.2. The molecule has 0 aliphatic carbocycles. The van der Waals surface area contributed by atoms with Crippen molar-refractivity contribution in [2.24, 2.45) is 16.0 Å². The van der Waals surface area contributed by atoms with Crippen molar-refractivity contribution < 1.29 is 4.74 Å². The van der Waals surface area contributed by atoms with E-state index in [-0.39, 0.29) is 0 Å². The van der Waals surface area contributed by atoms with E-state index in [1.165, 1.54) is 5.39 Å². The molecular weight excluding hydrogens is 354 g/mol. The van der Waals surface area contributed by atoms with Crippen LogP contribution in [0.3, 0.4) is 0 Å². The average molecular weight is 382 g/mol. The second kappa shape index (κ2) is 8.53. The van der Waals surface area contributed by atoms with Gasteiger partial charge in [-0.25, -0.2) is 4.68 Å². The minimum absolute atomic E-state index is 0.582. The SMILES string of the molecule is CCN=c1scc(-c2ccc3cc(OC)ccc3c2)n1N=C(C)CC(C)C. The molecule has 0 amide bonds. The molecule has 0 fully saturated rings. The molecule has 1 aromatic heterocycles. The zero-order valence-corrected chi connectivity index (χ0v) is 17.5. The van der Waals surface area contributed by atoms with Crippen LogP contribution >= 0.6 is 11.3 Å². The Balaban J connectivity index is 2.11. The van der Waals surface area contributed by atoms with Gasteiger partial charge in [-0.3, -0.25) is 4.99 Å². The third-order valence-electron chi connectivity index (χ3n) is 4.30. The van der Waals surface area contributed by atoms with E-state index < -0.39 is 0 Å². The third kappa shape index (κ3) is 4.48. The van der Waals surface area contributed by atoms with Gasteiger partial charge in [0.15, 0.2) is 0 Å². The number of benzene rings is 2. The molecule has 0 unspecified atom stereocenters. The molecule has 0 bridgehead atoms. The van der Waals surface area contributed by atoms with Crippen molar-refractivity contribution in [1.29, 1.82) is 0 Å². The van der Waals surface area contributed by atoms with E-state index in [2.05, 4.69) is 68.4 Å². The number of ether oxygens (including phenoxy) is 1.